The van der Waals surface area contributed by atoms with Crippen LogP contribution in [0, 0.1) is 0 Å². The second kappa shape index (κ2) is 10.3. The number of hydrogen-bond acceptors (Lipinski definition) is 5. The molecule has 0 aromatic heterocycles. The van der Waals surface area contributed by atoms with E-state index >= 15 is 0 Å². The molecule has 2 aliphatic heterocycles. The summed E-state index contributed by atoms with van der Waals surface area (Å²) < 4.78 is 16.6. The van der Waals surface area contributed by atoms with E-state index in [1.807, 2.05) is 30.3 Å². The number of methoxy groups -OCH3 is 2. The predicted octanol–water partition coefficient (Wildman–Crippen LogP) is 3.11. The molecular formula is C26H32N2O5. The minimum absolute atomic E-state index is 0.0306. The van der Waals surface area contributed by atoms with E-state index in [0.717, 1.165) is 17.5 Å². The van der Waals surface area contributed by atoms with Crippen LogP contribution in [-0.2, 0) is 27.2 Å². The molecule has 2 N–H and O–H groups in total. The third-order valence-electron chi connectivity index (χ3n) is 6.63. The van der Waals surface area contributed by atoms with Gasteiger partial charge in [-0.1, -0.05) is 30.3 Å². The van der Waals surface area contributed by atoms with Gasteiger partial charge in [0.2, 0.25) is 11.8 Å². The minimum atomic E-state index is -0.442. The van der Waals surface area contributed by atoms with Crippen LogP contribution in [0.25, 0.3) is 0 Å². The molecule has 0 aliphatic carbocycles. The van der Waals surface area contributed by atoms with Gasteiger partial charge >= 0.3 is 0 Å². The van der Waals surface area contributed by atoms with Crippen LogP contribution in [-0.4, -0.2) is 44.7 Å². The van der Waals surface area contributed by atoms with Gasteiger partial charge in [0.15, 0.2) is 11.5 Å². The Bertz CT molecular complexity index is 1010. The standard InChI is InChI=1S/C26H32N2O5/c1-31-21-8-7-18(15-22(21)32-2)16-26(13-10-25(30)28-26)12-9-24(29)27-17-23-20-6-4-3-5-19(20)11-14-33-23/h3-8,15,23H,9-14,16-17H2,1-2H3,(H,27,29)(H,28,30). The van der Waals surface area contributed by atoms with E-state index in [9.17, 15) is 9.59 Å². The number of benzene rings is 2. The monoisotopic (exact) mass is 452 g/mol. The van der Waals surface area contributed by atoms with E-state index in [-0.39, 0.29) is 17.9 Å². The summed E-state index contributed by atoms with van der Waals surface area (Å²) in [6.45, 7) is 1.11. The maximum Gasteiger partial charge on any atom is 0.220 e. The van der Waals surface area contributed by atoms with Crippen molar-refractivity contribution >= 4 is 11.8 Å². The van der Waals surface area contributed by atoms with Gasteiger partial charge in [0.1, 0.15) is 6.10 Å². The van der Waals surface area contributed by atoms with E-state index in [4.69, 9.17) is 14.2 Å². The molecule has 2 aromatic rings. The lowest BCUT2D eigenvalue weighted by atomic mass is 9.85. The van der Waals surface area contributed by atoms with Crippen molar-refractivity contribution < 1.29 is 23.8 Å². The Kier molecular flexibility index (Phi) is 7.18. The number of carbonyl (C=O) groups is 2. The highest BCUT2D eigenvalue weighted by Gasteiger charge is 2.38. The molecule has 33 heavy (non-hydrogen) atoms. The molecular weight excluding hydrogens is 420 g/mol. The quantitative estimate of drug-likeness (QED) is 0.611. The first kappa shape index (κ1) is 23.1. The van der Waals surface area contributed by atoms with Gasteiger partial charge in [-0.25, -0.2) is 0 Å². The van der Waals surface area contributed by atoms with Gasteiger partial charge in [0.05, 0.1) is 20.8 Å². The maximum absolute atomic E-state index is 12.7. The molecule has 2 atom stereocenters. The normalized spacial score (nSPS) is 21.8. The summed E-state index contributed by atoms with van der Waals surface area (Å²) in [5.41, 5.74) is 3.02. The molecule has 2 heterocycles. The van der Waals surface area contributed by atoms with Crippen molar-refractivity contribution in [3.05, 3.63) is 59.2 Å². The molecule has 176 valence electrons. The Morgan fingerprint density at radius 3 is 2.73 bits per heavy atom. The Hall–Kier alpha value is -3.06. The molecule has 0 radical (unpaired) electrons. The number of carbonyl (C=O) groups excluding carboxylic acids is 2. The zero-order chi connectivity index (χ0) is 23.3. The lowest BCUT2D eigenvalue weighted by molar-refractivity contribution is -0.123. The van der Waals surface area contributed by atoms with Crippen LogP contribution in [0.15, 0.2) is 42.5 Å². The summed E-state index contributed by atoms with van der Waals surface area (Å²) in [5.74, 6) is 1.31. The van der Waals surface area contributed by atoms with Gasteiger partial charge in [-0.05, 0) is 54.5 Å². The van der Waals surface area contributed by atoms with Crippen LogP contribution < -0.4 is 20.1 Å². The number of amides is 2. The predicted molar refractivity (Wildman–Crippen MR) is 124 cm³/mol. The number of nitrogens with one attached hydrogen (secondary N) is 2. The molecule has 2 aliphatic rings. The smallest absolute Gasteiger partial charge is 0.220 e. The molecule has 0 spiro atoms. The average molecular weight is 453 g/mol. The highest BCUT2D eigenvalue weighted by Crippen LogP contribution is 2.33. The molecule has 1 fully saturated rings. The van der Waals surface area contributed by atoms with Gasteiger partial charge in [0, 0.05) is 24.9 Å². The van der Waals surface area contributed by atoms with Crippen LogP contribution in [0.1, 0.15) is 48.5 Å². The van der Waals surface area contributed by atoms with Crippen LogP contribution in [0.4, 0.5) is 0 Å². The minimum Gasteiger partial charge on any atom is -0.493 e. The van der Waals surface area contributed by atoms with Gasteiger partial charge in [0.25, 0.3) is 0 Å². The Morgan fingerprint density at radius 1 is 1.15 bits per heavy atom. The fraction of sp³-hybridized carbons (Fsp3) is 0.462. The third kappa shape index (κ3) is 5.47. The van der Waals surface area contributed by atoms with Gasteiger partial charge < -0.3 is 24.8 Å². The van der Waals surface area contributed by atoms with E-state index < -0.39 is 5.54 Å². The van der Waals surface area contributed by atoms with Crippen molar-refractivity contribution in [2.75, 3.05) is 27.4 Å². The summed E-state index contributed by atoms with van der Waals surface area (Å²) >= 11 is 0. The summed E-state index contributed by atoms with van der Waals surface area (Å²) in [4.78, 5) is 24.8. The molecule has 2 amide bonds. The summed E-state index contributed by atoms with van der Waals surface area (Å²) in [7, 11) is 3.21. The van der Waals surface area contributed by atoms with Crippen LogP contribution >= 0.6 is 0 Å². The van der Waals surface area contributed by atoms with E-state index in [1.165, 1.54) is 5.56 Å². The first-order valence-corrected chi connectivity index (χ1v) is 11.5. The second-order valence-electron chi connectivity index (χ2n) is 8.81. The molecule has 7 heteroatoms. The third-order valence-corrected chi connectivity index (χ3v) is 6.63. The number of fused-ring (bicyclic) bond motifs is 1. The largest absolute Gasteiger partial charge is 0.493 e. The SMILES string of the molecule is COc1ccc(CC2(CCC(=O)NCC3OCCc4ccccc43)CCC(=O)N2)cc1OC. The van der Waals surface area contributed by atoms with Crippen molar-refractivity contribution in [1.29, 1.82) is 0 Å². The first-order chi connectivity index (χ1) is 16.0. The highest BCUT2D eigenvalue weighted by atomic mass is 16.5. The van der Waals surface area contributed by atoms with Crippen molar-refractivity contribution in [2.24, 2.45) is 0 Å². The number of rotatable bonds is 9. The van der Waals surface area contributed by atoms with Crippen molar-refractivity contribution in [3.63, 3.8) is 0 Å². The van der Waals surface area contributed by atoms with E-state index in [1.54, 1.807) is 14.2 Å². The molecule has 2 aromatic carbocycles. The fourth-order valence-electron chi connectivity index (χ4n) is 4.86. The number of ether oxygens (including phenoxy) is 3. The maximum atomic E-state index is 12.7. The molecule has 2 unspecified atom stereocenters. The summed E-state index contributed by atoms with van der Waals surface area (Å²) in [5, 5.41) is 6.17. The fourth-order valence-corrected chi connectivity index (χ4v) is 4.86. The Balaban J connectivity index is 1.36. The second-order valence-corrected chi connectivity index (χ2v) is 8.81. The summed E-state index contributed by atoms with van der Waals surface area (Å²) in [6, 6.07) is 14.0. The molecule has 0 bridgehead atoms. The first-order valence-electron chi connectivity index (χ1n) is 11.5. The van der Waals surface area contributed by atoms with Crippen molar-refractivity contribution in [3.8, 4) is 11.5 Å². The number of hydrogen-bond donors (Lipinski definition) is 2. The summed E-state index contributed by atoms with van der Waals surface area (Å²) in [6.07, 6.45) is 3.49. The molecule has 0 saturated carbocycles. The molecule has 7 nitrogen and oxygen atoms in total. The molecule has 1 saturated heterocycles. The Labute approximate surface area is 194 Å². The van der Waals surface area contributed by atoms with Gasteiger partial charge in [-0.2, -0.15) is 0 Å². The molecule has 4 rings (SSSR count). The van der Waals surface area contributed by atoms with Gasteiger partial charge in [-0.3, -0.25) is 9.59 Å². The van der Waals surface area contributed by atoms with Crippen molar-refractivity contribution in [2.45, 2.75) is 50.2 Å². The lowest BCUT2D eigenvalue weighted by Gasteiger charge is -2.30. The zero-order valence-electron chi connectivity index (χ0n) is 19.3. The average Bonchev–Trinajstić information content (AvgIpc) is 3.21. The zero-order valence-corrected chi connectivity index (χ0v) is 19.3. The van der Waals surface area contributed by atoms with Gasteiger partial charge in [-0.15, -0.1) is 0 Å². The van der Waals surface area contributed by atoms with Crippen LogP contribution in [0.5, 0.6) is 11.5 Å². The van der Waals surface area contributed by atoms with E-state index in [0.29, 0.717) is 56.8 Å². The highest BCUT2D eigenvalue weighted by molar-refractivity contribution is 5.80. The lowest BCUT2D eigenvalue weighted by Crippen LogP contribution is -2.44. The Morgan fingerprint density at radius 2 is 1.97 bits per heavy atom. The van der Waals surface area contributed by atoms with Crippen LogP contribution in [0.2, 0.25) is 0 Å². The van der Waals surface area contributed by atoms with E-state index in [2.05, 4.69) is 22.8 Å². The topological polar surface area (TPSA) is 85.9 Å². The van der Waals surface area contributed by atoms with Crippen LogP contribution in [0.3, 0.4) is 0 Å². The van der Waals surface area contributed by atoms with Crippen molar-refractivity contribution in [1.82, 2.24) is 10.6 Å².